The minimum absolute atomic E-state index is 0.126. The molecule has 2 amide bonds. The highest BCUT2D eigenvalue weighted by atomic mass is 127. The minimum Gasteiger partial charge on any atom is -0.379 e. The van der Waals surface area contributed by atoms with Gasteiger partial charge in [-0.05, 0) is 73.2 Å². The number of ether oxygens (including phenoxy) is 2. The van der Waals surface area contributed by atoms with E-state index >= 15 is 0 Å². The molecule has 7 aromatic rings. The maximum atomic E-state index is 13.9. The zero-order valence-electron chi connectivity index (χ0n) is 44.0. The summed E-state index contributed by atoms with van der Waals surface area (Å²) < 4.78 is 15.3. The highest BCUT2D eigenvalue weighted by molar-refractivity contribution is 14.1. The molecule has 3 fully saturated rings. The Bertz CT molecular complexity index is 3190. The largest absolute Gasteiger partial charge is 0.379 e. The first-order valence-electron chi connectivity index (χ1n) is 26.7. The van der Waals surface area contributed by atoms with Crippen molar-refractivity contribution in [1.29, 1.82) is 0 Å². The van der Waals surface area contributed by atoms with Crippen molar-refractivity contribution < 1.29 is 19.1 Å². The number of aromatic nitrogens is 8. The molecule has 2 atom stereocenters. The average Bonchev–Trinajstić information content (AvgIpc) is 4.03. The molecule has 4 aromatic heterocycles. The number of piperazine rings is 1. The molecule has 0 unspecified atom stereocenters. The van der Waals surface area contributed by atoms with E-state index in [2.05, 4.69) is 128 Å². The maximum Gasteiger partial charge on any atom is 0.272 e. The third kappa shape index (κ3) is 12.1. The molecule has 3 N–H and O–H groups in total. The summed E-state index contributed by atoms with van der Waals surface area (Å²) >= 11 is 2.12. The Morgan fingerprint density at radius 3 is 1.64 bits per heavy atom. The summed E-state index contributed by atoms with van der Waals surface area (Å²) in [5.41, 5.74) is 12.8. The molecule has 2 aliphatic carbocycles. The van der Waals surface area contributed by atoms with Gasteiger partial charge in [0.25, 0.3) is 11.8 Å². The van der Waals surface area contributed by atoms with E-state index in [0.717, 1.165) is 160 Å². The molecule has 0 radical (unpaired) electrons. The van der Waals surface area contributed by atoms with Crippen LogP contribution in [0.1, 0.15) is 66.4 Å². The van der Waals surface area contributed by atoms with Crippen LogP contribution in [0.5, 0.6) is 0 Å². The lowest BCUT2D eigenvalue weighted by molar-refractivity contribution is 0.0330. The van der Waals surface area contributed by atoms with E-state index in [1.807, 2.05) is 69.0 Å². The molecule has 19 nitrogen and oxygen atoms in total. The molecule has 20 heteroatoms. The number of rotatable bonds is 13. The van der Waals surface area contributed by atoms with E-state index in [9.17, 15) is 9.59 Å². The van der Waals surface area contributed by atoms with Gasteiger partial charge in [0, 0.05) is 137 Å². The fourth-order valence-electron chi connectivity index (χ4n) is 11.1. The third-order valence-electron chi connectivity index (χ3n) is 15.2. The van der Waals surface area contributed by atoms with E-state index in [1.54, 1.807) is 9.36 Å². The molecular formula is C57H66IN15O4. The van der Waals surface area contributed by atoms with Gasteiger partial charge in [0.15, 0.2) is 15.2 Å². The zero-order chi connectivity index (χ0) is 52.8. The molecule has 0 bridgehead atoms. The Morgan fingerprint density at radius 2 is 1.10 bits per heavy atom. The highest BCUT2D eigenvalue weighted by Gasteiger charge is 2.33. The van der Waals surface area contributed by atoms with Gasteiger partial charge in [-0.15, -0.1) is 0 Å². The smallest absolute Gasteiger partial charge is 0.272 e. The Hall–Kier alpha value is -6.69. The molecule has 7 heterocycles. The molecule has 3 saturated heterocycles. The van der Waals surface area contributed by atoms with Crippen LogP contribution >= 0.6 is 22.6 Å². The van der Waals surface area contributed by atoms with E-state index in [0.29, 0.717) is 40.8 Å². The summed E-state index contributed by atoms with van der Waals surface area (Å²) in [5, 5.41) is 19.4. The van der Waals surface area contributed by atoms with Crippen molar-refractivity contribution in [2.45, 2.75) is 37.8 Å². The van der Waals surface area contributed by atoms with E-state index in [-0.39, 0.29) is 23.9 Å². The number of carbonyl (C=O) groups excluding carboxylic acids is 2. The van der Waals surface area contributed by atoms with Crippen LogP contribution in [0.4, 0.5) is 17.3 Å². The lowest BCUT2D eigenvalue weighted by Gasteiger charge is -2.34. The summed E-state index contributed by atoms with van der Waals surface area (Å²) in [5.74, 6) is 0.223. The van der Waals surface area contributed by atoms with Gasteiger partial charge in [-0.1, -0.05) is 66.7 Å². The van der Waals surface area contributed by atoms with Gasteiger partial charge in [-0.2, -0.15) is 10.2 Å². The van der Waals surface area contributed by atoms with Gasteiger partial charge in [-0.3, -0.25) is 28.8 Å². The zero-order valence-corrected chi connectivity index (χ0v) is 46.2. The van der Waals surface area contributed by atoms with Crippen LogP contribution in [0, 0.1) is 3.83 Å². The number of aryl methyl sites for hydroxylation is 4. The van der Waals surface area contributed by atoms with Crippen LogP contribution in [0.25, 0.3) is 22.8 Å². The number of morpholine rings is 2. The Labute approximate surface area is 462 Å². The number of nitrogens with zero attached hydrogens (tertiary/aromatic N) is 12. The van der Waals surface area contributed by atoms with E-state index in [4.69, 9.17) is 19.6 Å². The van der Waals surface area contributed by atoms with Gasteiger partial charge in [0.2, 0.25) is 5.95 Å². The fourth-order valence-corrected chi connectivity index (χ4v) is 11.4. The van der Waals surface area contributed by atoms with Gasteiger partial charge >= 0.3 is 0 Å². The predicted octanol–water partition coefficient (Wildman–Crippen LogP) is 5.66. The number of hydrogen-bond donors (Lipinski definition) is 3. The number of fused-ring (bicyclic) bond motifs is 6. The lowest BCUT2D eigenvalue weighted by atomic mass is 9.93. The average molecular weight is 1150 g/mol. The molecule has 400 valence electrons. The van der Waals surface area contributed by atoms with Crippen molar-refractivity contribution in [3.63, 3.8) is 0 Å². The number of benzene rings is 3. The monoisotopic (exact) mass is 1150 g/mol. The summed E-state index contributed by atoms with van der Waals surface area (Å²) in [7, 11) is 5.93. The van der Waals surface area contributed by atoms with E-state index < -0.39 is 0 Å². The second kappa shape index (κ2) is 23.9. The molecule has 3 aliphatic heterocycles. The van der Waals surface area contributed by atoms with Gasteiger partial charge in [0.05, 0.1) is 61.3 Å². The van der Waals surface area contributed by atoms with Gasteiger partial charge in [0.1, 0.15) is 0 Å². The third-order valence-corrected chi connectivity index (χ3v) is 15.8. The SMILES string of the molecule is CN1CCN(c2cccc(Nc3ncc4c(n3)-c3c(c(C(=O)N[C@H](CN5CCOCC5)c5ccccc5)nn3C)CC4)c2)CC1.Cn1nc(C(=O)N[C@H](CN2CCOCC2)c2ccccc2)c2c1-c1nc(I)ncc1CC2. The Balaban J connectivity index is 0.000000174. The molecule has 0 spiro atoms. The normalized spacial score (nSPS) is 17.4. The molecule has 3 aromatic carbocycles. The number of carbonyl (C=O) groups is 2. The lowest BCUT2D eigenvalue weighted by Crippen LogP contribution is -2.44. The molecule has 77 heavy (non-hydrogen) atoms. The van der Waals surface area contributed by atoms with Crippen LogP contribution in [-0.2, 0) is 49.3 Å². The topological polar surface area (TPSA) is 189 Å². The van der Waals surface area contributed by atoms with Crippen molar-refractivity contribution in [3.8, 4) is 22.8 Å². The van der Waals surface area contributed by atoms with Crippen molar-refractivity contribution in [2.24, 2.45) is 14.1 Å². The Kier molecular flexibility index (Phi) is 16.3. The predicted molar refractivity (Wildman–Crippen MR) is 303 cm³/mol. The Morgan fingerprint density at radius 1 is 0.597 bits per heavy atom. The van der Waals surface area contributed by atoms with Crippen LogP contribution < -0.4 is 20.9 Å². The van der Waals surface area contributed by atoms with Gasteiger partial charge in [-0.25, -0.2) is 19.9 Å². The first kappa shape index (κ1) is 52.4. The summed E-state index contributed by atoms with van der Waals surface area (Å²) in [6, 6.07) is 28.4. The number of anilines is 3. The van der Waals surface area contributed by atoms with E-state index in [1.165, 1.54) is 5.69 Å². The van der Waals surface area contributed by atoms with Crippen LogP contribution in [0.2, 0.25) is 0 Å². The standard InChI is InChI=1S/C34H41N9O2.C23H25IN6O2/c1-40-13-15-43(16-14-40)27-10-6-9-26(21-27)36-34-35-22-25-11-12-28-31(39-41(2)32(28)30(25)38-34)33(44)37-29(24-7-4-3-5-8-24)23-42-17-19-45-20-18-42;1-29-21-17(8-7-16-13-25-23(24)27-19(16)21)20(28-29)22(31)26-18(15-5-3-2-4-6-15)14-30-9-11-32-12-10-30/h3-10,21-22,29H,11-20,23H2,1-2H3,(H,37,44)(H,35,36,38);2-6,13,18H,7-12,14H2,1H3,(H,26,31)/t29-;18-/m11/s1. The number of likely N-dealkylation sites (N-methyl/N-ethyl adjacent to an activating group) is 1. The van der Waals surface area contributed by atoms with Gasteiger partial charge < -0.3 is 35.2 Å². The first-order chi connectivity index (χ1) is 37.6. The van der Waals surface area contributed by atoms with Crippen LogP contribution in [0.3, 0.4) is 0 Å². The molecule has 0 saturated carbocycles. The van der Waals surface area contributed by atoms with Crippen LogP contribution in [0.15, 0.2) is 97.3 Å². The number of amides is 2. The second-order valence-electron chi connectivity index (χ2n) is 20.3. The number of nitrogens with one attached hydrogen (secondary N) is 3. The summed E-state index contributed by atoms with van der Waals surface area (Å²) in [4.78, 5) is 55.4. The van der Waals surface area contributed by atoms with Crippen LogP contribution in [-0.4, -0.2) is 165 Å². The quantitative estimate of drug-likeness (QED) is 0.0948. The first-order valence-corrected chi connectivity index (χ1v) is 27.8. The highest BCUT2D eigenvalue weighted by Crippen LogP contribution is 2.36. The summed E-state index contributed by atoms with van der Waals surface area (Å²) in [6.45, 7) is 11.9. The van der Waals surface area contributed by atoms with Crippen molar-refractivity contribution >= 4 is 51.7 Å². The van der Waals surface area contributed by atoms with Crippen molar-refractivity contribution in [3.05, 3.63) is 146 Å². The fraction of sp³-hybridized carbons (Fsp3) is 0.404. The second-order valence-corrected chi connectivity index (χ2v) is 21.3. The number of halogens is 1. The molecule has 5 aliphatic rings. The van der Waals surface area contributed by atoms with Crippen molar-refractivity contribution in [1.82, 2.24) is 64.8 Å². The van der Waals surface area contributed by atoms with Crippen molar-refractivity contribution in [2.75, 3.05) is 109 Å². The molecular weight excluding hydrogens is 1090 g/mol. The minimum atomic E-state index is -0.162. The number of hydrogen-bond acceptors (Lipinski definition) is 15. The maximum absolute atomic E-state index is 13.9. The summed E-state index contributed by atoms with van der Waals surface area (Å²) in [6.07, 6.45) is 6.81. The molecule has 12 rings (SSSR count).